The van der Waals surface area contributed by atoms with Gasteiger partial charge in [0.05, 0.1) is 5.01 Å². The predicted molar refractivity (Wildman–Crippen MR) is 144 cm³/mol. The number of rotatable bonds is 6. The highest BCUT2D eigenvalue weighted by atomic mass is 32.1. The lowest BCUT2D eigenvalue weighted by Gasteiger charge is -2.36. The number of pyridine rings is 1. The van der Waals surface area contributed by atoms with Gasteiger partial charge in [-0.15, -0.1) is 11.3 Å². The van der Waals surface area contributed by atoms with E-state index in [2.05, 4.69) is 25.5 Å². The lowest BCUT2D eigenvalue weighted by molar-refractivity contribution is 0.0499. The summed E-state index contributed by atoms with van der Waals surface area (Å²) in [7, 11) is 0. The van der Waals surface area contributed by atoms with Crippen LogP contribution in [0.3, 0.4) is 0 Å². The SMILES string of the molecule is Cc1nc(C(=O)Cc2cnccc2N2CCC[C@H](NC(=O)OC(C)(C)C)C2)c(NC(=O)OC(C)(C)C)s1. The second-order valence-electron chi connectivity index (χ2n) is 11.1. The number of piperidine rings is 1. The fraction of sp³-hybridized carbons (Fsp3) is 0.577. The summed E-state index contributed by atoms with van der Waals surface area (Å²) >= 11 is 1.23. The minimum Gasteiger partial charge on any atom is -0.444 e. The second-order valence-corrected chi connectivity index (χ2v) is 12.3. The van der Waals surface area contributed by atoms with E-state index < -0.39 is 23.4 Å². The molecule has 10 nitrogen and oxygen atoms in total. The van der Waals surface area contributed by atoms with E-state index in [0.29, 0.717) is 16.6 Å². The van der Waals surface area contributed by atoms with Crippen LogP contribution in [-0.4, -0.2) is 58.3 Å². The summed E-state index contributed by atoms with van der Waals surface area (Å²) in [6.45, 7) is 14.0. The van der Waals surface area contributed by atoms with Crippen molar-refractivity contribution in [2.75, 3.05) is 23.3 Å². The van der Waals surface area contributed by atoms with Gasteiger partial charge in [-0.2, -0.15) is 0 Å². The molecule has 11 heteroatoms. The van der Waals surface area contributed by atoms with Gasteiger partial charge >= 0.3 is 12.2 Å². The van der Waals surface area contributed by atoms with Gasteiger partial charge in [0.25, 0.3) is 0 Å². The van der Waals surface area contributed by atoms with E-state index >= 15 is 0 Å². The van der Waals surface area contributed by atoms with Gasteiger partial charge in [0, 0.05) is 49.2 Å². The van der Waals surface area contributed by atoms with Crippen molar-refractivity contribution in [3.05, 3.63) is 34.7 Å². The van der Waals surface area contributed by atoms with Gasteiger partial charge in [0.2, 0.25) is 0 Å². The summed E-state index contributed by atoms with van der Waals surface area (Å²) in [5.74, 6) is -0.231. The number of ether oxygens (including phenoxy) is 2. The van der Waals surface area contributed by atoms with Gasteiger partial charge < -0.3 is 19.7 Å². The molecule has 2 aromatic rings. The van der Waals surface area contributed by atoms with Gasteiger partial charge in [-0.05, 0) is 67.4 Å². The molecule has 0 spiro atoms. The first-order valence-corrected chi connectivity index (χ1v) is 13.2. The number of anilines is 2. The molecule has 1 saturated heterocycles. The number of Topliss-reactive ketones (excluding diaryl/α,β-unsaturated/α-hetero) is 1. The quantitative estimate of drug-likeness (QED) is 0.493. The molecule has 3 heterocycles. The molecular formula is C26H37N5O5S. The molecule has 1 aliphatic rings. The summed E-state index contributed by atoms with van der Waals surface area (Å²) in [6.07, 6.45) is 4.08. The molecule has 0 saturated carbocycles. The molecule has 37 heavy (non-hydrogen) atoms. The van der Waals surface area contributed by atoms with Crippen molar-refractivity contribution in [3.8, 4) is 0 Å². The van der Waals surface area contributed by atoms with Crippen LogP contribution in [0, 0.1) is 6.92 Å². The number of alkyl carbamates (subject to hydrolysis) is 1. The number of hydrogen-bond acceptors (Lipinski definition) is 9. The number of amides is 2. The molecule has 2 aromatic heterocycles. The Bertz CT molecular complexity index is 1140. The first-order valence-electron chi connectivity index (χ1n) is 12.4. The highest BCUT2D eigenvalue weighted by Crippen LogP contribution is 2.29. The van der Waals surface area contributed by atoms with Crippen molar-refractivity contribution in [1.29, 1.82) is 0 Å². The highest BCUT2D eigenvalue weighted by molar-refractivity contribution is 7.16. The summed E-state index contributed by atoms with van der Waals surface area (Å²) in [4.78, 5) is 48.7. The molecule has 1 fully saturated rings. The molecule has 2 amide bonds. The van der Waals surface area contributed by atoms with E-state index in [1.807, 2.05) is 26.8 Å². The Kier molecular flexibility index (Phi) is 8.78. The smallest absolute Gasteiger partial charge is 0.412 e. The van der Waals surface area contributed by atoms with Crippen LogP contribution in [-0.2, 0) is 15.9 Å². The van der Waals surface area contributed by atoms with E-state index in [-0.39, 0.29) is 23.9 Å². The molecule has 0 aliphatic carbocycles. The number of nitrogens with one attached hydrogen (secondary N) is 2. The van der Waals surface area contributed by atoms with Gasteiger partial charge in [-0.25, -0.2) is 14.6 Å². The highest BCUT2D eigenvalue weighted by Gasteiger charge is 2.27. The van der Waals surface area contributed by atoms with Crippen LogP contribution in [0.4, 0.5) is 20.3 Å². The summed E-state index contributed by atoms with van der Waals surface area (Å²) in [5, 5.41) is 6.65. The summed E-state index contributed by atoms with van der Waals surface area (Å²) in [5.41, 5.74) is 0.601. The van der Waals surface area contributed by atoms with Crippen molar-refractivity contribution >= 4 is 40.0 Å². The first-order chi connectivity index (χ1) is 17.2. The molecule has 0 unspecified atom stereocenters. The average molecular weight is 532 g/mol. The lowest BCUT2D eigenvalue weighted by atomic mass is 10.0. The molecule has 202 valence electrons. The molecular weight excluding hydrogens is 494 g/mol. The van der Waals surface area contributed by atoms with Gasteiger partial charge in [-0.1, -0.05) is 0 Å². The maximum Gasteiger partial charge on any atom is 0.412 e. The maximum atomic E-state index is 13.3. The van der Waals surface area contributed by atoms with Crippen LogP contribution < -0.4 is 15.5 Å². The number of nitrogens with zero attached hydrogens (tertiary/aromatic N) is 3. The number of aromatic nitrogens is 2. The van der Waals surface area contributed by atoms with Crippen LogP contribution in [0.2, 0.25) is 0 Å². The Hall–Kier alpha value is -3.21. The van der Waals surface area contributed by atoms with Gasteiger partial charge in [0.15, 0.2) is 5.78 Å². The summed E-state index contributed by atoms with van der Waals surface area (Å²) < 4.78 is 10.7. The first kappa shape index (κ1) is 28.4. The number of thiazole rings is 1. The fourth-order valence-corrected chi connectivity index (χ4v) is 4.83. The predicted octanol–water partition coefficient (Wildman–Crippen LogP) is 5.11. The van der Waals surface area contributed by atoms with Crippen LogP contribution in [0.25, 0.3) is 0 Å². The standard InChI is InChI=1S/C26H37N5O5S/c1-16-28-21(22(37-16)30-24(34)36-26(5,6)7)20(32)13-17-14-27-11-10-19(17)31-12-8-9-18(15-31)29-23(33)35-25(2,3)4/h10-11,14,18H,8-9,12-13,15H2,1-7H3,(H,29,33)(H,30,34)/t18-/m0/s1. The Labute approximate surface area is 222 Å². The Balaban J connectivity index is 1.72. The number of aryl methyl sites for hydroxylation is 1. The van der Waals surface area contributed by atoms with Gasteiger partial charge in [-0.3, -0.25) is 15.1 Å². The number of carbonyl (C=O) groups is 3. The topological polar surface area (TPSA) is 123 Å². The molecule has 2 N–H and O–H groups in total. The van der Waals surface area contributed by atoms with Crippen molar-refractivity contribution in [1.82, 2.24) is 15.3 Å². The van der Waals surface area contributed by atoms with Crippen molar-refractivity contribution < 1.29 is 23.9 Å². The Morgan fingerprint density at radius 1 is 1.11 bits per heavy atom. The third kappa shape index (κ3) is 8.70. The summed E-state index contributed by atoms with van der Waals surface area (Å²) in [6, 6.07) is 1.80. The van der Waals surface area contributed by atoms with Crippen LogP contribution >= 0.6 is 11.3 Å². The van der Waals surface area contributed by atoms with Crippen LogP contribution in [0.15, 0.2) is 18.5 Å². The normalized spacial score (nSPS) is 16.2. The van der Waals surface area contributed by atoms with Crippen molar-refractivity contribution in [2.24, 2.45) is 0 Å². The van der Waals surface area contributed by atoms with E-state index in [1.54, 1.807) is 40.1 Å². The van der Waals surface area contributed by atoms with Crippen LogP contribution in [0.5, 0.6) is 0 Å². The van der Waals surface area contributed by atoms with Crippen molar-refractivity contribution in [3.63, 3.8) is 0 Å². The van der Waals surface area contributed by atoms with E-state index in [9.17, 15) is 14.4 Å². The second kappa shape index (κ2) is 11.5. The fourth-order valence-electron chi connectivity index (χ4n) is 4.01. The zero-order valence-electron chi connectivity index (χ0n) is 22.6. The maximum absolute atomic E-state index is 13.3. The van der Waals surface area contributed by atoms with E-state index in [4.69, 9.17) is 9.47 Å². The number of ketones is 1. The average Bonchev–Trinajstić information content (AvgIpc) is 3.11. The van der Waals surface area contributed by atoms with E-state index in [0.717, 1.165) is 30.6 Å². The zero-order valence-corrected chi connectivity index (χ0v) is 23.5. The monoisotopic (exact) mass is 531 g/mol. The molecule has 0 bridgehead atoms. The zero-order chi connectivity index (χ0) is 27.4. The minimum atomic E-state index is -0.663. The molecule has 1 aliphatic heterocycles. The third-order valence-electron chi connectivity index (χ3n) is 5.32. The van der Waals surface area contributed by atoms with Gasteiger partial charge in [0.1, 0.15) is 21.9 Å². The Morgan fingerprint density at radius 2 is 1.78 bits per heavy atom. The van der Waals surface area contributed by atoms with E-state index in [1.165, 1.54) is 11.3 Å². The number of carbonyl (C=O) groups excluding carboxylic acids is 3. The largest absolute Gasteiger partial charge is 0.444 e. The molecule has 3 rings (SSSR count). The number of hydrogen-bond donors (Lipinski definition) is 2. The molecule has 1 atom stereocenters. The molecule has 0 radical (unpaired) electrons. The molecule has 0 aromatic carbocycles. The van der Waals surface area contributed by atoms with Crippen molar-refractivity contribution in [2.45, 2.75) is 85.0 Å². The Morgan fingerprint density at radius 3 is 2.46 bits per heavy atom. The lowest BCUT2D eigenvalue weighted by Crippen LogP contribution is -2.49. The van der Waals surface area contributed by atoms with Crippen LogP contribution in [0.1, 0.15) is 75.4 Å². The minimum absolute atomic E-state index is 0.0655. The third-order valence-corrected chi connectivity index (χ3v) is 6.21.